The number of rotatable bonds is 2. The quantitative estimate of drug-likeness (QED) is 0.869. The van der Waals surface area contributed by atoms with E-state index < -0.39 is 5.69 Å². The van der Waals surface area contributed by atoms with Crippen molar-refractivity contribution in [3.63, 3.8) is 0 Å². The molecule has 1 N–H and O–H groups in total. The highest BCUT2D eigenvalue weighted by atomic mass is 19.1. The van der Waals surface area contributed by atoms with E-state index >= 15 is 0 Å². The van der Waals surface area contributed by atoms with E-state index in [4.69, 9.17) is 5.26 Å². The molecule has 0 aliphatic heterocycles. The fourth-order valence-corrected chi connectivity index (χ4v) is 1.49. The predicted octanol–water partition coefficient (Wildman–Crippen LogP) is 1.55. The Hall–Kier alpha value is -2.68. The summed E-state index contributed by atoms with van der Waals surface area (Å²) < 4.78 is 13.1. The number of nitriles is 1. The van der Waals surface area contributed by atoms with Gasteiger partial charge in [-0.25, -0.2) is 9.18 Å². The van der Waals surface area contributed by atoms with Crippen LogP contribution in [0.15, 0.2) is 35.1 Å². The van der Waals surface area contributed by atoms with Crippen LogP contribution in [0.2, 0.25) is 0 Å². The van der Waals surface area contributed by atoms with Crippen LogP contribution >= 0.6 is 0 Å². The Labute approximate surface area is 102 Å². The third-order valence-corrected chi connectivity index (χ3v) is 2.39. The largest absolute Gasteiger partial charge is 0.347 e. The van der Waals surface area contributed by atoms with Crippen molar-refractivity contribution in [3.05, 3.63) is 52.3 Å². The maximum atomic E-state index is 13.1. The lowest BCUT2D eigenvalue weighted by atomic mass is 10.3. The summed E-state index contributed by atoms with van der Waals surface area (Å²) in [6.07, 6.45) is 0. The number of hydrogen-bond acceptors (Lipinski definition) is 4. The van der Waals surface area contributed by atoms with Crippen LogP contribution in [0.5, 0.6) is 0 Å². The molecule has 0 spiro atoms. The first-order valence-electron chi connectivity index (χ1n) is 5.11. The molecule has 0 saturated carbocycles. The van der Waals surface area contributed by atoms with Gasteiger partial charge in [0.15, 0.2) is 0 Å². The maximum absolute atomic E-state index is 13.1. The Kier molecular flexibility index (Phi) is 3.06. The molecule has 2 rings (SSSR count). The molecule has 5 nitrogen and oxygen atoms in total. The van der Waals surface area contributed by atoms with Crippen LogP contribution in [0.1, 0.15) is 5.69 Å². The number of hydrogen-bond donors (Lipinski definition) is 1. The molecule has 0 bridgehead atoms. The van der Waals surface area contributed by atoms with Gasteiger partial charge in [-0.05, 0) is 18.2 Å². The second-order valence-electron chi connectivity index (χ2n) is 3.61. The standard InChI is InChI=1S/C12H9FN4O/c1-17(10-4-2-3-8(13)5-10)11-6-9(7-14)15-12(18)16-11/h2-6H,1H3,(H,15,16,18). The summed E-state index contributed by atoms with van der Waals surface area (Å²) >= 11 is 0. The Morgan fingerprint density at radius 3 is 2.89 bits per heavy atom. The number of aromatic amines is 1. The van der Waals surface area contributed by atoms with Crippen LogP contribution < -0.4 is 10.6 Å². The minimum absolute atomic E-state index is 0.105. The molecule has 1 aromatic heterocycles. The average molecular weight is 244 g/mol. The summed E-state index contributed by atoms with van der Waals surface area (Å²) in [6.45, 7) is 0. The van der Waals surface area contributed by atoms with Gasteiger partial charge in [-0.2, -0.15) is 10.2 Å². The van der Waals surface area contributed by atoms with Crippen molar-refractivity contribution in [2.24, 2.45) is 0 Å². The van der Waals surface area contributed by atoms with Crippen LogP contribution in [-0.2, 0) is 0 Å². The van der Waals surface area contributed by atoms with E-state index in [9.17, 15) is 9.18 Å². The van der Waals surface area contributed by atoms with E-state index in [0.717, 1.165) is 0 Å². The normalized spacial score (nSPS) is 9.83. The minimum Gasteiger partial charge on any atom is -0.329 e. The lowest BCUT2D eigenvalue weighted by molar-refractivity contribution is 0.628. The predicted molar refractivity (Wildman–Crippen MR) is 64.0 cm³/mol. The number of benzene rings is 1. The zero-order chi connectivity index (χ0) is 13.1. The topological polar surface area (TPSA) is 72.8 Å². The molecule has 1 heterocycles. The zero-order valence-electron chi connectivity index (χ0n) is 9.51. The Morgan fingerprint density at radius 1 is 1.44 bits per heavy atom. The lowest BCUT2D eigenvalue weighted by Crippen LogP contribution is -2.19. The molecule has 0 amide bonds. The number of nitrogens with one attached hydrogen (secondary N) is 1. The van der Waals surface area contributed by atoms with Gasteiger partial charge in [0, 0.05) is 18.8 Å². The van der Waals surface area contributed by atoms with Crippen molar-refractivity contribution in [2.45, 2.75) is 0 Å². The van der Waals surface area contributed by atoms with Crippen molar-refractivity contribution in [1.82, 2.24) is 9.97 Å². The molecule has 18 heavy (non-hydrogen) atoms. The van der Waals surface area contributed by atoms with E-state index in [1.54, 1.807) is 19.2 Å². The molecule has 6 heteroatoms. The molecule has 0 aliphatic rings. The van der Waals surface area contributed by atoms with Crippen molar-refractivity contribution in [3.8, 4) is 6.07 Å². The van der Waals surface area contributed by atoms with Gasteiger partial charge in [-0.1, -0.05) is 6.07 Å². The second kappa shape index (κ2) is 4.67. The molecule has 0 fully saturated rings. The highest BCUT2D eigenvalue weighted by Gasteiger charge is 2.08. The van der Waals surface area contributed by atoms with Gasteiger partial charge in [-0.15, -0.1) is 0 Å². The van der Waals surface area contributed by atoms with Crippen LogP contribution in [0.4, 0.5) is 15.9 Å². The lowest BCUT2D eigenvalue weighted by Gasteiger charge is -2.17. The third-order valence-electron chi connectivity index (χ3n) is 2.39. The molecular weight excluding hydrogens is 235 g/mol. The van der Waals surface area contributed by atoms with Crippen LogP contribution in [0, 0.1) is 17.1 Å². The number of H-pyrrole nitrogens is 1. The van der Waals surface area contributed by atoms with Crippen LogP contribution in [0.3, 0.4) is 0 Å². The molecule has 90 valence electrons. The van der Waals surface area contributed by atoms with E-state index in [0.29, 0.717) is 5.69 Å². The Balaban J connectivity index is 2.46. The van der Waals surface area contributed by atoms with Crippen LogP contribution in [0.25, 0.3) is 0 Å². The van der Waals surface area contributed by atoms with Gasteiger partial charge < -0.3 is 4.90 Å². The first-order chi connectivity index (χ1) is 8.60. The molecule has 0 aliphatic carbocycles. The van der Waals surface area contributed by atoms with Gasteiger partial charge in [0.25, 0.3) is 0 Å². The van der Waals surface area contributed by atoms with E-state index in [2.05, 4.69) is 9.97 Å². The first kappa shape index (κ1) is 11.8. The summed E-state index contributed by atoms with van der Waals surface area (Å²) in [5, 5.41) is 8.76. The van der Waals surface area contributed by atoms with E-state index in [-0.39, 0.29) is 17.3 Å². The molecule has 1 aromatic carbocycles. The number of aromatic nitrogens is 2. The van der Waals surface area contributed by atoms with Gasteiger partial charge in [-0.3, -0.25) is 4.98 Å². The fourth-order valence-electron chi connectivity index (χ4n) is 1.49. The molecular formula is C12H9FN4O. The first-order valence-corrected chi connectivity index (χ1v) is 5.11. The summed E-state index contributed by atoms with van der Waals surface area (Å²) in [7, 11) is 1.64. The van der Waals surface area contributed by atoms with Gasteiger partial charge in [0.05, 0.1) is 0 Å². The average Bonchev–Trinajstić information content (AvgIpc) is 2.37. The second-order valence-corrected chi connectivity index (χ2v) is 3.61. The number of nitrogens with zero attached hydrogens (tertiary/aromatic N) is 3. The monoisotopic (exact) mass is 244 g/mol. The van der Waals surface area contributed by atoms with Gasteiger partial charge >= 0.3 is 5.69 Å². The highest BCUT2D eigenvalue weighted by Crippen LogP contribution is 2.21. The van der Waals surface area contributed by atoms with Crippen molar-refractivity contribution in [1.29, 1.82) is 5.26 Å². The minimum atomic E-state index is -0.618. The Bertz CT molecular complexity index is 674. The SMILES string of the molecule is CN(c1cccc(F)c1)c1cc(C#N)[nH]c(=O)n1. The number of halogens is 1. The maximum Gasteiger partial charge on any atom is 0.347 e. The molecule has 0 radical (unpaired) electrons. The van der Waals surface area contributed by atoms with Gasteiger partial charge in [0.1, 0.15) is 23.4 Å². The summed E-state index contributed by atoms with van der Waals surface area (Å²) in [5.41, 5.74) is 0.0255. The summed E-state index contributed by atoms with van der Waals surface area (Å²) in [4.78, 5) is 18.8. The Morgan fingerprint density at radius 2 is 2.22 bits per heavy atom. The van der Waals surface area contributed by atoms with E-state index in [1.165, 1.54) is 23.1 Å². The molecule has 2 aromatic rings. The van der Waals surface area contributed by atoms with Gasteiger partial charge in [0.2, 0.25) is 0 Å². The fraction of sp³-hybridized carbons (Fsp3) is 0.0833. The molecule has 0 unspecified atom stereocenters. The molecule has 0 saturated heterocycles. The summed E-state index contributed by atoms with van der Waals surface area (Å²) in [5.74, 6) is -0.106. The van der Waals surface area contributed by atoms with Crippen molar-refractivity contribution < 1.29 is 4.39 Å². The van der Waals surface area contributed by atoms with Crippen molar-refractivity contribution >= 4 is 11.5 Å². The van der Waals surface area contributed by atoms with Crippen LogP contribution in [-0.4, -0.2) is 17.0 Å². The number of anilines is 2. The smallest absolute Gasteiger partial charge is 0.329 e. The summed E-state index contributed by atoms with van der Waals surface area (Å²) in [6, 6.07) is 9.12. The van der Waals surface area contributed by atoms with E-state index in [1.807, 2.05) is 6.07 Å². The highest BCUT2D eigenvalue weighted by molar-refractivity contribution is 5.59. The molecule has 0 atom stereocenters. The van der Waals surface area contributed by atoms with Crippen molar-refractivity contribution in [2.75, 3.05) is 11.9 Å². The third kappa shape index (κ3) is 2.35. The zero-order valence-corrected chi connectivity index (χ0v) is 9.51.